The van der Waals surface area contributed by atoms with Crippen LogP contribution in [0, 0.1) is 0 Å². The first kappa shape index (κ1) is 16.2. The zero-order chi connectivity index (χ0) is 16.1. The van der Waals surface area contributed by atoms with Crippen molar-refractivity contribution in [1.82, 2.24) is 5.32 Å². The van der Waals surface area contributed by atoms with E-state index in [-0.39, 0.29) is 11.8 Å². The van der Waals surface area contributed by atoms with Crippen molar-refractivity contribution in [3.8, 4) is 0 Å². The molecule has 2 amide bonds. The molecule has 2 aliphatic rings. The van der Waals surface area contributed by atoms with Gasteiger partial charge in [0.15, 0.2) is 0 Å². The Labute approximate surface area is 141 Å². The first-order chi connectivity index (χ1) is 11.2. The van der Waals surface area contributed by atoms with E-state index in [1.807, 2.05) is 29.2 Å². The van der Waals surface area contributed by atoms with Crippen LogP contribution in [0.4, 0.5) is 11.4 Å². The normalized spacial score (nSPS) is 18.8. The van der Waals surface area contributed by atoms with E-state index >= 15 is 0 Å². The predicted molar refractivity (Wildman–Crippen MR) is 95.0 cm³/mol. The minimum atomic E-state index is 0.0224. The van der Waals surface area contributed by atoms with Crippen LogP contribution in [-0.2, 0) is 9.59 Å². The SMILES string of the molecule is O=C1CN(c2ccccc2NC(=O)CSC2CCCC2)CCN1. The molecule has 2 fully saturated rings. The summed E-state index contributed by atoms with van der Waals surface area (Å²) in [5, 5.41) is 6.48. The van der Waals surface area contributed by atoms with Crippen molar-refractivity contribution in [3.05, 3.63) is 24.3 Å². The zero-order valence-electron chi connectivity index (χ0n) is 13.2. The van der Waals surface area contributed by atoms with Gasteiger partial charge in [0.2, 0.25) is 11.8 Å². The predicted octanol–water partition coefficient (Wildman–Crippen LogP) is 2.24. The fourth-order valence-corrected chi connectivity index (χ4v) is 4.26. The second-order valence-electron chi connectivity index (χ2n) is 6.05. The van der Waals surface area contributed by atoms with Crippen LogP contribution < -0.4 is 15.5 Å². The van der Waals surface area contributed by atoms with Crippen LogP contribution in [0.2, 0.25) is 0 Å². The van der Waals surface area contributed by atoms with E-state index in [9.17, 15) is 9.59 Å². The Morgan fingerprint density at radius 1 is 1.30 bits per heavy atom. The van der Waals surface area contributed by atoms with Gasteiger partial charge >= 0.3 is 0 Å². The van der Waals surface area contributed by atoms with Crippen LogP contribution in [0.3, 0.4) is 0 Å². The lowest BCUT2D eigenvalue weighted by atomic mass is 10.2. The topological polar surface area (TPSA) is 61.4 Å². The number of piperazine rings is 1. The molecule has 5 nitrogen and oxygen atoms in total. The van der Waals surface area contributed by atoms with Gasteiger partial charge in [0.25, 0.3) is 0 Å². The molecule has 0 unspecified atom stereocenters. The quantitative estimate of drug-likeness (QED) is 0.867. The van der Waals surface area contributed by atoms with Crippen molar-refractivity contribution < 1.29 is 9.59 Å². The van der Waals surface area contributed by atoms with Crippen LogP contribution >= 0.6 is 11.8 Å². The molecule has 1 aromatic rings. The summed E-state index contributed by atoms with van der Waals surface area (Å²) >= 11 is 1.76. The summed E-state index contributed by atoms with van der Waals surface area (Å²) in [5.41, 5.74) is 1.71. The number of nitrogens with one attached hydrogen (secondary N) is 2. The van der Waals surface area contributed by atoms with E-state index < -0.39 is 0 Å². The highest BCUT2D eigenvalue weighted by Gasteiger charge is 2.20. The van der Waals surface area contributed by atoms with Gasteiger partial charge in [-0.1, -0.05) is 25.0 Å². The van der Waals surface area contributed by atoms with E-state index in [4.69, 9.17) is 0 Å². The second kappa shape index (κ2) is 7.73. The lowest BCUT2D eigenvalue weighted by molar-refractivity contribution is -0.120. The number of para-hydroxylation sites is 2. The van der Waals surface area contributed by atoms with Gasteiger partial charge in [-0.15, -0.1) is 11.8 Å². The number of thioether (sulfide) groups is 1. The Bertz CT molecular complexity index is 573. The Hall–Kier alpha value is -1.69. The molecule has 1 aromatic carbocycles. The van der Waals surface area contributed by atoms with Gasteiger partial charge in [-0.2, -0.15) is 0 Å². The van der Waals surface area contributed by atoms with E-state index in [0.29, 0.717) is 24.1 Å². The van der Waals surface area contributed by atoms with Crippen molar-refractivity contribution >= 4 is 35.0 Å². The molecular formula is C17H23N3O2S. The number of hydrogen-bond donors (Lipinski definition) is 2. The first-order valence-electron chi connectivity index (χ1n) is 8.24. The van der Waals surface area contributed by atoms with Crippen molar-refractivity contribution in [1.29, 1.82) is 0 Å². The number of rotatable bonds is 5. The summed E-state index contributed by atoms with van der Waals surface area (Å²) in [5.74, 6) is 0.560. The molecule has 1 heterocycles. The summed E-state index contributed by atoms with van der Waals surface area (Å²) in [7, 11) is 0. The van der Waals surface area contributed by atoms with Gasteiger partial charge in [-0.25, -0.2) is 0 Å². The maximum absolute atomic E-state index is 12.2. The van der Waals surface area contributed by atoms with Crippen LogP contribution in [0.1, 0.15) is 25.7 Å². The maximum atomic E-state index is 12.2. The molecule has 124 valence electrons. The van der Waals surface area contributed by atoms with Crippen molar-refractivity contribution in [2.75, 3.05) is 35.6 Å². The minimum absolute atomic E-state index is 0.0224. The van der Waals surface area contributed by atoms with Crippen molar-refractivity contribution in [3.63, 3.8) is 0 Å². The summed E-state index contributed by atoms with van der Waals surface area (Å²) in [6.07, 6.45) is 5.05. The van der Waals surface area contributed by atoms with E-state index in [1.54, 1.807) is 11.8 Å². The number of benzene rings is 1. The lowest BCUT2D eigenvalue weighted by Gasteiger charge is -2.30. The number of amides is 2. The molecule has 0 radical (unpaired) electrons. The number of carbonyl (C=O) groups is 2. The largest absolute Gasteiger partial charge is 0.359 e. The molecule has 0 spiro atoms. The Kier molecular flexibility index (Phi) is 5.43. The lowest BCUT2D eigenvalue weighted by Crippen LogP contribution is -2.47. The molecular weight excluding hydrogens is 310 g/mol. The molecule has 1 saturated heterocycles. The smallest absolute Gasteiger partial charge is 0.239 e. The molecule has 3 rings (SSSR count). The van der Waals surface area contributed by atoms with E-state index in [2.05, 4.69) is 10.6 Å². The second-order valence-corrected chi connectivity index (χ2v) is 7.34. The summed E-state index contributed by atoms with van der Waals surface area (Å²) in [4.78, 5) is 25.8. The summed E-state index contributed by atoms with van der Waals surface area (Å²) < 4.78 is 0. The highest BCUT2D eigenvalue weighted by molar-refractivity contribution is 8.00. The number of carbonyl (C=O) groups excluding carboxylic acids is 2. The Morgan fingerprint density at radius 2 is 2.09 bits per heavy atom. The number of anilines is 2. The molecule has 1 saturated carbocycles. The molecule has 0 bridgehead atoms. The highest BCUT2D eigenvalue weighted by atomic mass is 32.2. The number of nitrogens with zero attached hydrogens (tertiary/aromatic N) is 1. The summed E-state index contributed by atoms with van der Waals surface area (Å²) in [6.45, 7) is 1.73. The van der Waals surface area contributed by atoms with E-state index in [0.717, 1.165) is 17.9 Å². The molecule has 23 heavy (non-hydrogen) atoms. The molecule has 1 aliphatic carbocycles. The van der Waals surface area contributed by atoms with Crippen molar-refractivity contribution in [2.45, 2.75) is 30.9 Å². The monoisotopic (exact) mass is 333 g/mol. The van der Waals surface area contributed by atoms with Gasteiger partial charge in [-0.05, 0) is 25.0 Å². The first-order valence-corrected chi connectivity index (χ1v) is 9.29. The Morgan fingerprint density at radius 3 is 2.87 bits per heavy atom. The number of hydrogen-bond acceptors (Lipinski definition) is 4. The maximum Gasteiger partial charge on any atom is 0.239 e. The summed E-state index contributed by atoms with van der Waals surface area (Å²) in [6, 6.07) is 7.70. The molecule has 2 N–H and O–H groups in total. The average Bonchev–Trinajstić information content (AvgIpc) is 3.07. The van der Waals surface area contributed by atoms with Crippen LogP contribution in [0.15, 0.2) is 24.3 Å². The van der Waals surface area contributed by atoms with Gasteiger partial charge in [0.05, 0.1) is 23.7 Å². The third-order valence-electron chi connectivity index (χ3n) is 4.31. The van der Waals surface area contributed by atoms with E-state index in [1.165, 1.54) is 25.7 Å². The van der Waals surface area contributed by atoms with Crippen LogP contribution in [0.25, 0.3) is 0 Å². The molecule has 0 atom stereocenters. The minimum Gasteiger partial charge on any atom is -0.359 e. The fraction of sp³-hybridized carbons (Fsp3) is 0.529. The van der Waals surface area contributed by atoms with Gasteiger partial charge < -0.3 is 15.5 Å². The third kappa shape index (κ3) is 4.41. The molecule has 6 heteroatoms. The molecule has 1 aliphatic heterocycles. The zero-order valence-corrected chi connectivity index (χ0v) is 14.0. The fourth-order valence-electron chi connectivity index (χ4n) is 3.13. The average molecular weight is 333 g/mol. The van der Waals surface area contributed by atoms with Gasteiger partial charge in [0, 0.05) is 18.3 Å². The van der Waals surface area contributed by atoms with Gasteiger partial charge in [0.1, 0.15) is 0 Å². The standard InChI is InChI=1S/C17H23N3O2S/c21-16-11-20(10-9-18-16)15-8-4-3-7-14(15)19-17(22)12-23-13-5-1-2-6-13/h3-4,7-8,13H,1-2,5-6,9-12H2,(H,18,21)(H,19,22). The van der Waals surface area contributed by atoms with Gasteiger partial charge in [-0.3, -0.25) is 9.59 Å². The van der Waals surface area contributed by atoms with Crippen LogP contribution in [-0.4, -0.2) is 42.5 Å². The highest BCUT2D eigenvalue weighted by Crippen LogP contribution is 2.30. The van der Waals surface area contributed by atoms with Crippen LogP contribution in [0.5, 0.6) is 0 Å². The van der Waals surface area contributed by atoms with Crippen molar-refractivity contribution in [2.24, 2.45) is 0 Å². The third-order valence-corrected chi connectivity index (χ3v) is 5.68. The Balaban J connectivity index is 1.60. The molecule has 0 aromatic heterocycles.